The van der Waals surface area contributed by atoms with Crippen molar-refractivity contribution in [2.24, 2.45) is 0 Å². The summed E-state index contributed by atoms with van der Waals surface area (Å²) < 4.78 is 0. The quantitative estimate of drug-likeness (QED) is 0.491. The van der Waals surface area contributed by atoms with Crippen LogP contribution in [-0.2, 0) is 6.42 Å². The Balaban J connectivity index is 1.98. The highest BCUT2D eigenvalue weighted by Gasteiger charge is 2.08. The van der Waals surface area contributed by atoms with Crippen molar-refractivity contribution < 1.29 is 4.92 Å². The van der Waals surface area contributed by atoms with Gasteiger partial charge >= 0.3 is 0 Å². The van der Waals surface area contributed by atoms with Crippen LogP contribution in [0.15, 0.2) is 29.8 Å². The molecule has 0 unspecified atom stereocenters. The molecule has 0 bridgehead atoms. The Bertz CT molecular complexity index is 542. The number of nitrogens with one attached hydrogen (secondary N) is 1. The molecule has 2 rings (SSSR count). The monoisotopic (exact) mass is 264 g/mol. The molecule has 0 atom stereocenters. The van der Waals surface area contributed by atoms with Gasteiger partial charge in [0.25, 0.3) is 5.69 Å². The molecule has 2 aromatic rings. The van der Waals surface area contributed by atoms with Crippen LogP contribution in [0.3, 0.4) is 0 Å². The summed E-state index contributed by atoms with van der Waals surface area (Å²) in [5.41, 5.74) is 6.63. The fourth-order valence-electron chi connectivity index (χ4n) is 1.53. The molecule has 0 aliphatic rings. The standard InChI is InChI=1S/C11H12N4O2S/c12-8-5-9(7-10(6-8)15(16)17)13-2-1-11-14-3-4-18-11/h3-7,13H,1-2,12H2. The van der Waals surface area contributed by atoms with Crippen LogP contribution in [-0.4, -0.2) is 16.5 Å². The number of rotatable bonds is 5. The van der Waals surface area contributed by atoms with Crippen LogP contribution in [0.5, 0.6) is 0 Å². The molecule has 1 aromatic heterocycles. The molecule has 0 radical (unpaired) electrons. The van der Waals surface area contributed by atoms with Gasteiger partial charge in [0.1, 0.15) is 0 Å². The molecule has 0 aliphatic carbocycles. The van der Waals surface area contributed by atoms with Gasteiger partial charge in [-0.2, -0.15) is 0 Å². The molecule has 1 heterocycles. The first-order valence-corrected chi connectivity index (χ1v) is 6.20. The van der Waals surface area contributed by atoms with Gasteiger partial charge in [-0.1, -0.05) is 0 Å². The summed E-state index contributed by atoms with van der Waals surface area (Å²) in [6.07, 6.45) is 2.53. The van der Waals surface area contributed by atoms with Gasteiger partial charge in [0, 0.05) is 48.0 Å². The number of thiazole rings is 1. The van der Waals surface area contributed by atoms with E-state index in [0.29, 0.717) is 17.9 Å². The number of nitrogen functional groups attached to an aromatic ring is 1. The maximum atomic E-state index is 10.7. The van der Waals surface area contributed by atoms with Gasteiger partial charge in [0.05, 0.1) is 9.93 Å². The fraction of sp³-hybridized carbons (Fsp3) is 0.182. The molecule has 0 spiro atoms. The lowest BCUT2D eigenvalue weighted by molar-refractivity contribution is -0.384. The molecule has 7 heteroatoms. The Kier molecular flexibility index (Phi) is 3.73. The van der Waals surface area contributed by atoms with Gasteiger partial charge < -0.3 is 11.1 Å². The summed E-state index contributed by atoms with van der Waals surface area (Å²) in [5.74, 6) is 0. The maximum absolute atomic E-state index is 10.7. The molecule has 0 saturated heterocycles. The van der Waals surface area contributed by atoms with Crippen LogP contribution in [0.2, 0.25) is 0 Å². The number of hydrogen-bond donors (Lipinski definition) is 2. The number of hydrogen-bond acceptors (Lipinski definition) is 6. The zero-order valence-corrected chi connectivity index (χ0v) is 10.3. The molecule has 0 aliphatic heterocycles. The Morgan fingerprint density at radius 3 is 2.94 bits per heavy atom. The van der Waals surface area contributed by atoms with E-state index in [1.807, 2.05) is 5.38 Å². The van der Waals surface area contributed by atoms with E-state index in [-0.39, 0.29) is 5.69 Å². The zero-order valence-electron chi connectivity index (χ0n) is 9.50. The molecular weight excluding hydrogens is 252 g/mol. The molecule has 0 fully saturated rings. The number of benzene rings is 1. The van der Waals surface area contributed by atoms with Gasteiger partial charge in [-0.05, 0) is 6.07 Å². The van der Waals surface area contributed by atoms with Crippen molar-refractivity contribution in [3.05, 3.63) is 44.9 Å². The van der Waals surface area contributed by atoms with Gasteiger partial charge in [0.15, 0.2) is 0 Å². The second kappa shape index (κ2) is 5.46. The van der Waals surface area contributed by atoms with Gasteiger partial charge in [-0.15, -0.1) is 11.3 Å². The minimum absolute atomic E-state index is 0.00764. The number of nitro groups is 1. The molecule has 6 nitrogen and oxygen atoms in total. The van der Waals surface area contributed by atoms with Crippen LogP contribution in [0.1, 0.15) is 5.01 Å². The number of nitro benzene ring substituents is 1. The Labute approximate surface area is 108 Å². The highest BCUT2D eigenvalue weighted by atomic mass is 32.1. The Hall–Kier alpha value is -2.15. The smallest absolute Gasteiger partial charge is 0.273 e. The third kappa shape index (κ3) is 3.17. The summed E-state index contributed by atoms with van der Waals surface area (Å²) in [6.45, 7) is 0.661. The highest BCUT2D eigenvalue weighted by molar-refractivity contribution is 7.09. The first-order chi connectivity index (χ1) is 8.65. The van der Waals surface area contributed by atoms with Crippen molar-refractivity contribution in [3.8, 4) is 0 Å². The minimum atomic E-state index is -0.456. The van der Waals surface area contributed by atoms with E-state index >= 15 is 0 Å². The van der Waals surface area contributed by atoms with E-state index in [9.17, 15) is 10.1 Å². The summed E-state index contributed by atoms with van der Waals surface area (Å²) in [7, 11) is 0. The first kappa shape index (κ1) is 12.3. The first-order valence-electron chi connectivity index (χ1n) is 5.32. The second-order valence-electron chi connectivity index (χ2n) is 3.67. The van der Waals surface area contributed by atoms with Crippen LogP contribution in [0.25, 0.3) is 0 Å². The molecule has 94 valence electrons. The molecule has 18 heavy (non-hydrogen) atoms. The zero-order chi connectivity index (χ0) is 13.0. The Morgan fingerprint density at radius 1 is 1.44 bits per heavy atom. The SMILES string of the molecule is Nc1cc(NCCc2nccs2)cc([N+](=O)[O-])c1. The summed E-state index contributed by atoms with van der Waals surface area (Å²) >= 11 is 1.59. The average Bonchev–Trinajstić information content (AvgIpc) is 2.81. The van der Waals surface area contributed by atoms with Gasteiger partial charge in [-0.3, -0.25) is 10.1 Å². The predicted molar refractivity (Wildman–Crippen MR) is 71.8 cm³/mol. The van der Waals surface area contributed by atoms with Crippen molar-refractivity contribution in [1.29, 1.82) is 0 Å². The fourth-order valence-corrected chi connectivity index (χ4v) is 2.15. The summed E-state index contributed by atoms with van der Waals surface area (Å²) in [5, 5.41) is 16.7. The van der Waals surface area contributed by atoms with E-state index in [0.717, 1.165) is 11.4 Å². The highest BCUT2D eigenvalue weighted by Crippen LogP contribution is 2.22. The van der Waals surface area contributed by atoms with Crippen LogP contribution < -0.4 is 11.1 Å². The third-order valence-corrected chi connectivity index (χ3v) is 3.14. The summed E-state index contributed by atoms with van der Waals surface area (Å²) in [6, 6.07) is 4.49. The van der Waals surface area contributed by atoms with Crippen LogP contribution in [0.4, 0.5) is 17.1 Å². The molecular formula is C11H12N4O2S. The third-order valence-electron chi connectivity index (χ3n) is 2.30. The van der Waals surface area contributed by atoms with E-state index in [2.05, 4.69) is 10.3 Å². The van der Waals surface area contributed by atoms with Crippen LogP contribution >= 0.6 is 11.3 Å². The normalized spacial score (nSPS) is 10.2. The van der Waals surface area contributed by atoms with E-state index < -0.39 is 4.92 Å². The predicted octanol–water partition coefficient (Wildman–Crippen LogP) is 2.29. The van der Waals surface area contributed by atoms with E-state index in [4.69, 9.17) is 5.73 Å². The molecule has 0 saturated carbocycles. The molecule has 1 aromatic carbocycles. The van der Waals surface area contributed by atoms with Crippen molar-refractivity contribution in [2.45, 2.75) is 6.42 Å². The van der Waals surface area contributed by atoms with Crippen LogP contribution in [0, 0.1) is 10.1 Å². The largest absolute Gasteiger partial charge is 0.398 e. The van der Waals surface area contributed by atoms with Crippen molar-refractivity contribution >= 4 is 28.4 Å². The van der Waals surface area contributed by atoms with Crippen molar-refractivity contribution in [2.75, 3.05) is 17.6 Å². The lowest BCUT2D eigenvalue weighted by Crippen LogP contribution is -2.05. The maximum Gasteiger partial charge on any atom is 0.273 e. The lowest BCUT2D eigenvalue weighted by Gasteiger charge is -2.06. The second-order valence-corrected chi connectivity index (χ2v) is 4.65. The van der Waals surface area contributed by atoms with E-state index in [1.165, 1.54) is 12.1 Å². The molecule has 0 amide bonds. The average molecular weight is 264 g/mol. The Morgan fingerprint density at radius 2 is 2.28 bits per heavy atom. The molecule has 3 N–H and O–H groups in total. The summed E-state index contributed by atoms with van der Waals surface area (Å²) in [4.78, 5) is 14.4. The van der Waals surface area contributed by atoms with Crippen molar-refractivity contribution in [1.82, 2.24) is 4.98 Å². The number of non-ortho nitro benzene ring substituents is 1. The lowest BCUT2D eigenvalue weighted by atomic mass is 10.2. The minimum Gasteiger partial charge on any atom is -0.398 e. The van der Waals surface area contributed by atoms with E-state index in [1.54, 1.807) is 23.6 Å². The number of nitrogens with two attached hydrogens (primary N) is 1. The van der Waals surface area contributed by atoms with Crippen molar-refractivity contribution in [3.63, 3.8) is 0 Å². The number of nitrogens with zero attached hydrogens (tertiary/aromatic N) is 2. The number of anilines is 2. The van der Waals surface area contributed by atoms with Gasteiger partial charge in [-0.25, -0.2) is 4.98 Å². The van der Waals surface area contributed by atoms with Gasteiger partial charge in [0.2, 0.25) is 0 Å². The number of aromatic nitrogens is 1. The topological polar surface area (TPSA) is 94.1 Å².